The van der Waals surface area contributed by atoms with Crippen molar-refractivity contribution >= 4 is 16.9 Å². The molecular formula is C30H36N2O6. The second-order valence-corrected chi connectivity index (χ2v) is 9.99. The summed E-state index contributed by atoms with van der Waals surface area (Å²) in [5.74, 6) is 1.08. The Labute approximate surface area is 223 Å². The minimum Gasteiger partial charge on any atom is -0.493 e. The fourth-order valence-corrected chi connectivity index (χ4v) is 5.29. The van der Waals surface area contributed by atoms with Gasteiger partial charge in [0.05, 0.1) is 43.9 Å². The Morgan fingerprint density at radius 1 is 1.00 bits per heavy atom. The molecule has 1 amide bonds. The highest BCUT2D eigenvalue weighted by atomic mass is 16.5. The first-order valence-electron chi connectivity index (χ1n) is 13.5. The number of carbonyl (C=O) groups is 1. The monoisotopic (exact) mass is 520 g/mol. The van der Waals surface area contributed by atoms with E-state index >= 15 is 0 Å². The topological polar surface area (TPSA) is 81.5 Å². The Bertz CT molecular complexity index is 1360. The maximum atomic E-state index is 13.9. The highest BCUT2D eigenvalue weighted by Crippen LogP contribution is 2.41. The number of rotatable bonds is 10. The fraction of sp³-hybridized carbons (Fsp3) is 0.467. The van der Waals surface area contributed by atoms with Gasteiger partial charge in [-0.3, -0.25) is 14.5 Å². The van der Waals surface area contributed by atoms with E-state index in [-0.39, 0.29) is 17.1 Å². The summed E-state index contributed by atoms with van der Waals surface area (Å²) in [5, 5.41) is 0.486. The summed E-state index contributed by atoms with van der Waals surface area (Å²) in [6, 6.07) is 10.6. The minimum atomic E-state index is -0.581. The Morgan fingerprint density at radius 3 is 2.58 bits per heavy atom. The molecular weight excluding hydrogens is 484 g/mol. The lowest BCUT2D eigenvalue weighted by molar-refractivity contribution is 0.0314. The molecule has 0 saturated carbocycles. The number of hydrogen-bond donors (Lipinski definition) is 0. The van der Waals surface area contributed by atoms with Gasteiger partial charge in [-0.05, 0) is 43.2 Å². The number of benzene rings is 2. The molecule has 1 saturated heterocycles. The molecule has 0 spiro atoms. The number of morpholine rings is 1. The third-order valence-electron chi connectivity index (χ3n) is 7.39. The second-order valence-electron chi connectivity index (χ2n) is 9.99. The van der Waals surface area contributed by atoms with Crippen molar-refractivity contribution in [3.05, 3.63) is 69.1 Å². The molecule has 2 aliphatic rings. The fourth-order valence-electron chi connectivity index (χ4n) is 5.29. The van der Waals surface area contributed by atoms with E-state index in [2.05, 4.69) is 11.8 Å². The number of amides is 1. The number of hydrogen-bond acceptors (Lipinski definition) is 7. The number of unbranched alkanes of at least 4 members (excludes halogenated alkanes) is 2. The summed E-state index contributed by atoms with van der Waals surface area (Å²) >= 11 is 0. The first-order chi connectivity index (χ1) is 18.5. The van der Waals surface area contributed by atoms with Gasteiger partial charge in [0.25, 0.3) is 5.91 Å². The molecule has 2 aliphatic heterocycles. The summed E-state index contributed by atoms with van der Waals surface area (Å²) in [5.41, 5.74) is 2.39. The summed E-state index contributed by atoms with van der Waals surface area (Å²) in [6.45, 7) is 8.83. The van der Waals surface area contributed by atoms with E-state index in [1.807, 2.05) is 37.3 Å². The van der Waals surface area contributed by atoms with E-state index in [9.17, 15) is 9.59 Å². The predicted octanol–water partition coefficient (Wildman–Crippen LogP) is 4.56. The lowest BCUT2D eigenvalue weighted by Crippen LogP contribution is -2.42. The molecule has 5 rings (SSSR count). The van der Waals surface area contributed by atoms with Gasteiger partial charge in [0.15, 0.2) is 16.9 Å². The van der Waals surface area contributed by atoms with Crippen molar-refractivity contribution < 1.29 is 23.4 Å². The van der Waals surface area contributed by atoms with Crippen LogP contribution in [0, 0.1) is 6.92 Å². The molecule has 0 aliphatic carbocycles. The van der Waals surface area contributed by atoms with E-state index in [1.165, 1.54) is 0 Å². The lowest BCUT2D eigenvalue weighted by atomic mass is 9.97. The molecule has 3 heterocycles. The smallest absolute Gasteiger partial charge is 0.290 e. The summed E-state index contributed by atoms with van der Waals surface area (Å²) in [7, 11) is 1.60. The SMILES string of the molecule is CCCCCOc1ccc(C2c3c(oc4ccc(C)cc4c3=O)C(=O)N2CCN2CCOCC2)cc1OC. The zero-order valence-corrected chi connectivity index (χ0v) is 22.5. The van der Waals surface area contributed by atoms with Crippen molar-refractivity contribution in [1.29, 1.82) is 0 Å². The van der Waals surface area contributed by atoms with E-state index < -0.39 is 6.04 Å². The molecule has 3 aromatic rings. The van der Waals surface area contributed by atoms with Gasteiger partial charge in [0, 0.05) is 26.2 Å². The standard InChI is InChI=1S/C30H36N2O6/c1-4-5-6-15-37-24-10-8-21(19-25(24)35-3)27-26-28(33)22-18-20(2)7-9-23(22)38-29(26)30(34)32(27)12-11-31-13-16-36-17-14-31/h7-10,18-19,27H,4-6,11-17H2,1-3H3. The van der Waals surface area contributed by atoms with Crippen molar-refractivity contribution in [2.24, 2.45) is 0 Å². The van der Waals surface area contributed by atoms with Crippen molar-refractivity contribution in [2.75, 3.05) is 53.1 Å². The Morgan fingerprint density at radius 2 is 1.82 bits per heavy atom. The zero-order chi connectivity index (χ0) is 26.6. The number of methoxy groups -OCH3 is 1. The largest absolute Gasteiger partial charge is 0.493 e. The minimum absolute atomic E-state index is 0.122. The molecule has 8 heteroatoms. The van der Waals surface area contributed by atoms with Crippen LogP contribution in [-0.2, 0) is 4.74 Å². The van der Waals surface area contributed by atoms with E-state index in [1.54, 1.807) is 18.1 Å². The highest BCUT2D eigenvalue weighted by molar-refractivity contribution is 5.99. The van der Waals surface area contributed by atoms with Crippen LogP contribution in [-0.4, -0.2) is 68.8 Å². The van der Waals surface area contributed by atoms with Crippen LogP contribution in [0.25, 0.3) is 11.0 Å². The second kappa shape index (κ2) is 11.6. The first kappa shape index (κ1) is 26.3. The Balaban J connectivity index is 1.54. The molecule has 1 unspecified atom stereocenters. The normalized spacial score (nSPS) is 17.7. The number of carbonyl (C=O) groups excluding carboxylic acids is 1. The van der Waals surface area contributed by atoms with Crippen LogP contribution < -0.4 is 14.9 Å². The van der Waals surface area contributed by atoms with Crippen LogP contribution in [0.3, 0.4) is 0 Å². The van der Waals surface area contributed by atoms with Crippen LogP contribution in [0.4, 0.5) is 0 Å². The average molecular weight is 521 g/mol. The maximum absolute atomic E-state index is 13.9. The molecule has 2 aromatic carbocycles. The van der Waals surface area contributed by atoms with E-state index in [0.29, 0.717) is 60.9 Å². The first-order valence-corrected chi connectivity index (χ1v) is 13.5. The van der Waals surface area contributed by atoms with Gasteiger partial charge < -0.3 is 23.5 Å². The number of aryl methyl sites for hydroxylation is 1. The molecule has 8 nitrogen and oxygen atoms in total. The van der Waals surface area contributed by atoms with Gasteiger partial charge in [0.2, 0.25) is 5.76 Å². The lowest BCUT2D eigenvalue weighted by Gasteiger charge is -2.31. The number of nitrogens with zero attached hydrogens (tertiary/aromatic N) is 2. The summed E-state index contributed by atoms with van der Waals surface area (Å²) in [4.78, 5) is 31.6. The number of fused-ring (bicyclic) bond motifs is 2. The van der Waals surface area contributed by atoms with E-state index in [4.69, 9.17) is 18.6 Å². The Hall–Kier alpha value is -3.36. The predicted molar refractivity (Wildman–Crippen MR) is 145 cm³/mol. The van der Waals surface area contributed by atoms with Gasteiger partial charge >= 0.3 is 0 Å². The molecule has 38 heavy (non-hydrogen) atoms. The van der Waals surface area contributed by atoms with Gasteiger partial charge in [-0.25, -0.2) is 0 Å². The number of ether oxygens (including phenoxy) is 3. The maximum Gasteiger partial charge on any atom is 0.290 e. The third kappa shape index (κ3) is 5.15. The van der Waals surface area contributed by atoms with Gasteiger partial charge in [-0.15, -0.1) is 0 Å². The van der Waals surface area contributed by atoms with Crippen molar-refractivity contribution in [1.82, 2.24) is 9.80 Å². The van der Waals surface area contributed by atoms with E-state index in [0.717, 1.165) is 43.5 Å². The van der Waals surface area contributed by atoms with Crippen LogP contribution in [0.15, 0.2) is 45.6 Å². The quantitative estimate of drug-likeness (QED) is 0.363. The zero-order valence-electron chi connectivity index (χ0n) is 22.5. The summed E-state index contributed by atoms with van der Waals surface area (Å²) < 4.78 is 23.2. The Kier molecular flexibility index (Phi) is 8.00. The van der Waals surface area contributed by atoms with Crippen LogP contribution >= 0.6 is 0 Å². The van der Waals surface area contributed by atoms with Gasteiger partial charge in [0.1, 0.15) is 5.58 Å². The molecule has 0 bridgehead atoms. The molecule has 0 radical (unpaired) electrons. The summed E-state index contributed by atoms with van der Waals surface area (Å²) in [6.07, 6.45) is 3.18. The van der Waals surface area contributed by atoms with Crippen molar-refractivity contribution in [2.45, 2.75) is 39.2 Å². The average Bonchev–Trinajstić information content (AvgIpc) is 3.22. The van der Waals surface area contributed by atoms with Crippen LogP contribution in [0.1, 0.15) is 59.5 Å². The van der Waals surface area contributed by atoms with Gasteiger partial charge in [-0.2, -0.15) is 0 Å². The molecule has 202 valence electrons. The van der Waals surface area contributed by atoms with Crippen LogP contribution in [0.5, 0.6) is 11.5 Å². The molecule has 1 atom stereocenters. The van der Waals surface area contributed by atoms with Crippen molar-refractivity contribution in [3.63, 3.8) is 0 Å². The third-order valence-corrected chi connectivity index (χ3v) is 7.39. The molecule has 1 aromatic heterocycles. The van der Waals surface area contributed by atoms with Gasteiger partial charge in [-0.1, -0.05) is 37.5 Å². The molecule has 0 N–H and O–H groups in total. The highest BCUT2D eigenvalue weighted by Gasteiger charge is 2.43. The van der Waals surface area contributed by atoms with Crippen LogP contribution in [0.2, 0.25) is 0 Å². The van der Waals surface area contributed by atoms with Crippen molar-refractivity contribution in [3.8, 4) is 11.5 Å². The molecule has 1 fully saturated rings.